The maximum absolute atomic E-state index is 12.2. The Balaban J connectivity index is 1.67. The van der Waals surface area contributed by atoms with Crippen molar-refractivity contribution in [3.63, 3.8) is 0 Å². The Kier molecular flexibility index (Phi) is 5.27. The lowest BCUT2D eigenvalue weighted by molar-refractivity contribution is -0.117. The summed E-state index contributed by atoms with van der Waals surface area (Å²) in [4.78, 5) is 12.2. The summed E-state index contributed by atoms with van der Waals surface area (Å²) in [6.45, 7) is 1.89. The highest BCUT2D eigenvalue weighted by Gasteiger charge is 2.12. The SMILES string of the molecule is COc1ccc(/C=C/C(=O)NC(C)c2cc3ccccc3o2)cc1OC. The lowest BCUT2D eigenvalue weighted by Gasteiger charge is -2.09. The molecule has 1 N–H and O–H groups in total. The van der Waals surface area contributed by atoms with E-state index >= 15 is 0 Å². The van der Waals surface area contributed by atoms with Crippen LogP contribution in [0.2, 0.25) is 0 Å². The third-order valence-corrected chi connectivity index (χ3v) is 4.06. The first-order valence-electron chi connectivity index (χ1n) is 8.30. The van der Waals surface area contributed by atoms with Crippen molar-refractivity contribution in [2.24, 2.45) is 0 Å². The molecule has 5 heteroatoms. The number of nitrogens with one attached hydrogen (secondary N) is 1. The molecule has 5 nitrogen and oxygen atoms in total. The van der Waals surface area contributed by atoms with Gasteiger partial charge in [0, 0.05) is 11.5 Å². The first-order chi connectivity index (χ1) is 12.6. The molecular formula is C21H21NO4. The summed E-state index contributed by atoms with van der Waals surface area (Å²) in [5.41, 5.74) is 1.65. The van der Waals surface area contributed by atoms with Crippen LogP contribution in [0.3, 0.4) is 0 Å². The van der Waals surface area contributed by atoms with Crippen LogP contribution in [0.4, 0.5) is 0 Å². The predicted molar refractivity (Wildman–Crippen MR) is 101 cm³/mol. The second kappa shape index (κ2) is 7.78. The second-order valence-corrected chi connectivity index (χ2v) is 5.86. The number of ether oxygens (including phenoxy) is 2. The monoisotopic (exact) mass is 351 g/mol. The Morgan fingerprint density at radius 3 is 2.58 bits per heavy atom. The number of amides is 1. The molecule has 0 saturated heterocycles. The highest BCUT2D eigenvalue weighted by atomic mass is 16.5. The number of para-hydroxylation sites is 1. The number of furan rings is 1. The van der Waals surface area contributed by atoms with Crippen molar-refractivity contribution in [1.82, 2.24) is 5.32 Å². The Bertz CT molecular complexity index is 909. The standard InChI is InChI=1S/C21H21NO4/c1-14(19-13-16-6-4-5-7-17(16)26-19)22-21(23)11-9-15-8-10-18(24-2)20(12-15)25-3/h4-14H,1-3H3,(H,22,23)/b11-9+. The van der Waals surface area contributed by atoms with Crippen LogP contribution in [-0.4, -0.2) is 20.1 Å². The largest absolute Gasteiger partial charge is 0.493 e. The van der Waals surface area contributed by atoms with Gasteiger partial charge in [-0.15, -0.1) is 0 Å². The number of hydrogen-bond donors (Lipinski definition) is 1. The van der Waals surface area contributed by atoms with E-state index in [1.165, 1.54) is 6.08 Å². The molecule has 0 spiro atoms. The molecule has 0 bridgehead atoms. The molecule has 0 saturated carbocycles. The summed E-state index contributed by atoms with van der Waals surface area (Å²) in [6.07, 6.45) is 3.21. The van der Waals surface area contributed by atoms with Crippen molar-refractivity contribution in [1.29, 1.82) is 0 Å². The van der Waals surface area contributed by atoms with Gasteiger partial charge in [0.2, 0.25) is 5.91 Å². The molecule has 3 rings (SSSR count). The average molecular weight is 351 g/mol. The molecule has 1 atom stereocenters. The van der Waals surface area contributed by atoms with E-state index in [9.17, 15) is 4.79 Å². The molecule has 0 aliphatic carbocycles. The topological polar surface area (TPSA) is 60.7 Å². The first-order valence-corrected chi connectivity index (χ1v) is 8.30. The van der Waals surface area contributed by atoms with Crippen LogP contribution in [-0.2, 0) is 4.79 Å². The van der Waals surface area contributed by atoms with Gasteiger partial charge in [0.1, 0.15) is 11.3 Å². The minimum atomic E-state index is -0.232. The summed E-state index contributed by atoms with van der Waals surface area (Å²) in [6, 6.07) is 14.9. The summed E-state index contributed by atoms with van der Waals surface area (Å²) in [7, 11) is 3.16. The van der Waals surface area contributed by atoms with Crippen LogP contribution in [0.25, 0.3) is 17.0 Å². The molecular weight excluding hydrogens is 330 g/mol. The number of carbonyl (C=O) groups excluding carboxylic acids is 1. The van der Waals surface area contributed by atoms with Gasteiger partial charge in [0.15, 0.2) is 11.5 Å². The lowest BCUT2D eigenvalue weighted by atomic mass is 10.2. The van der Waals surface area contributed by atoms with E-state index in [-0.39, 0.29) is 11.9 Å². The molecule has 0 aliphatic rings. The van der Waals surface area contributed by atoms with Gasteiger partial charge in [0.25, 0.3) is 0 Å². The Labute approximate surface area is 152 Å². The highest BCUT2D eigenvalue weighted by Crippen LogP contribution is 2.28. The molecule has 0 radical (unpaired) electrons. The number of fused-ring (bicyclic) bond motifs is 1. The van der Waals surface area contributed by atoms with Crippen molar-refractivity contribution in [2.45, 2.75) is 13.0 Å². The Hall–Kier alpha value is -3.21. The Morgan fingerprint density at radius 2 is 1.85 bits per heavy atom. The van der Waals surface area contributed by atoms with E-state index < -0.39 is 0 Å². The van der Waals surface area contributed by atoms with Crippen LogP contribution >= 0.6 is 0 Å². The van der Waals surface area contributed by atoms with Crippen molar-refractivity contribution in [2.75, 3.05) is 14.2 Å². The summed E-state index contributed by atoms with van der Waals surface area (Å²) < 4.78 is 16.2. The fourth-order valence-corrected chi connectivity index (χ4v) is 2.68. The number of carbonyl (C=O) groups is 1. The van der Waals surface area contributed by atoms with E-state index in [1.54, 1.807) is 26.4 Å². The maximum Gasteiger partial charge on any atom is 0.244 e. The zero-order valence-corrected chi connectivity index (χ0v) is 15.0. The smallest absolute Gasteiger partial charge is 0.244 e. The predicted octanol–water partition coefficient (Wildman–Crippen LogP) is 4.34. The molecule has 1 amide bonds. The van der Waals surface area contributed by atoms with Crippen LogP contribution in [0.5, 0.6) is 11.5 Å². The summed E-state index contributed by atoms with van der Waals surface area (Å²) >= 11 is 0. The van der Waals surface area contributed by atoms with Gasteiger partial charge >= 0.3 is 0 Å². The number of methoxy groups -OCH3 is 2. The van der Waals surface area contributed by atoms with E-state index in [1.807, 2.05) is 49.4 Å². The van der Waals surface area contributed by atoms with Gasteiger partial charge in [-0.3, -0.25) is 4.79 Å². The fraction of sp³-hybridized carbons (Fsp3) is 0.190. The van der Waals surface area contributed by atoms with Gasteiger partial charge < -0.3 is 19.2 Å². The zero-order valence-electron chi connectivity index (χ0n) is 15.0. The van der Waals surface area contributed by atoms with Crippen LogP contribution < -0.4 is 14.8 Å². The molecule has 0 fully saturated rings. The van der Waals surface area contributed by atoms with E-state index in [0.29, 0.717) is 11.5 Å². The number of rotatable bonds is 6. The number of hydrogen-bond acceptors (Lipinski definition) is 4. The minimum Gasteiger partial charge on any atom is -0.493 e. The van der Waals surface area contributed by atoms with Crippen LogP contribution in [0.15, 0.2) is 59.0 Å². The number of benzene rings is 2. The molecule has 1 aromatic heterocycles. The van der Waals surface area contributed by atoms with Gasteiger partial charge in [-0.05, 0) is 42.8 Å². The van der Waals surface area contributed by atoms with Crippen LogP contribution in [0, 0.1) is 0 Å². The van der Waals surface area contributed by atoms with Crippen molar-refractivity contribution < 1.29 is 18.7 Å². The minimum absolute atomic E-state index is 0.201. The average Bonchev–Trinajstić information content (AvgIpc) is 3.10. The van der Waals surface area contributed by atoms with Crippen LogP contribution in [0.1, 0.15) is 24.3 Å². The van der Waals surface area contributed by atoms with Crippen molar-refractivity contribution >= 4 is 23.0 Å². The van der Waals surface area contributed by atoms with E-state index in [0.717, 1.165) is 22.3 Å². The fourth-order valence-electron chi connectivity index (χ4n) is 2.68. The second-order valence-electron chi connectivity index (χ2n) is 5.86. The quantitative estimate of drug-likeness (QED) is 0.671. The van der Waals surface area contributed by atoms with Gasteiger partial charge in [0.05, 0.1) is 20.3 Å². The normalized spacial score (nSPS) is 12.3. The lowest BCUT2D eigenvalue weighted by Crippen LogP contribution is -2.24. The molecule has 0 aliphatic heterocycles. The van der Waals surface area contributed by atoms with Gasteiger partial charge in [-0.2, -0.15) is 0 Å². The molecule has 1 unspecified atom stereocenters. The first kappa shape index (κ1) is 17.6. The summed E-state index contributed by atoms with van der Waals surface area (Å²) in [5.74, 6) is 1.78. The van der Waals surface area contributed by atoms with Gasteiger partial charge in [-0.1, -0.05) is 24.3 Å². The van der Waals surface area contributed by atoms with Crippen molar-refractivity contribution in [3.05, 3.63) is 65.9 Å². The third-order valence-electron chi connectivity index (χ3n) is 4.06. The third kappa shape index (κ3) is 3.88. The van der Waals surface area contributed by atoms with Gasteiger partial charge in [-0.25, -0.2) is 0 Å². The molecule has 1 heterocycles. The molecule has 26 heavy (non-hydrogen) atoms. The molecule has 134 valence electrons. The maximum atomic E-state index is 12.2. The van der Waals surface area contributed by atoms with E-state index in [2.05, 4.69) is 5.32 Å². The van der Waals surface area contributed by atoms with Crippen molar-refractivity contribution in [3.8, 4) is 11.5 Å². The molecule has 2 aromatic carbocycles. The zero-order chi connectivity index (χ0) is 18.5. The molecule has 3 aromatic rings. The van der Waals surface area contributed by atoms with E-state index in [4.69, 9.17) is 13.9 Å². The highest BCUT2D eigenvalue weighted by molar-refractivity contribution is 5.92. The Morgan fingerprint density at radius 1 is 1.08 bits per heavy atom. The summed E-state index contributed by atoms with van der Waals surface area (Å²) in [5, 5.41) is 3.92.